The standard InChI is InChI=1S/C31H38BO3P/c1-21-15-22(2)18-27(17-21)36(33,28-19-23(3)16-24(4)20-28)29(26-13-11-10-12-14-26)25(5)32-34-30(6,7)31(8,9)35-32/h10-20,29H,5H2,1-4,6-9H3. The summed E-state index contributed by atoms with van der Waals surface area (Å²) in [4.78, 5) is 0. The van der Waals surface area contributed by atoms with Gasteiger partial charge in [-0.1, -0.05) is 64.7 Å². The maximum absolute atomic E-state index is 15.9. The number of hydrogen-bond acceptors (Lipinski definition) is 3. The molecule has 0 spiro atoms. The summed E-state index contributed by atoms with van der Waals surface area (Å²) in [5.41, 5.74) is 4.41. The van der Waals surface area contributed by atoms with Crippen molar-refractivity contribution in [2.24, 2.45) is 0 Å². The zero-order valence-electron chi connectivity index (χ0n) is 22.9. The van der Waals surface area contributed by atoms with Gasteiger partial charge < -0.3 is 13.9 Å². The molecule has 0 amide bonds. The first-order chi connectivity index (χ1) is 16.7. The first-order valence-corrected chi connectivity index (χ1v) is 14.4. The molecule has 3 aromatic rings. The van der Waals surface area contributed by atoms with E-state index in [0.29, 0.717) is 5.47 Å². The highest BCUT2D eigenvalue weighted by molar-refractivity contribution is 7.79. The van der Waals surface area contributed by atoms with Crippen molar-refractivity contribution in [2.45, 2.75) is 72.3 Å². The molecule has 36 heavy (non-hydrogen) atoms. The average Bonchev–Trinajstić information content (AvgIpc) is 3.00. The molecule has 0 N–H and O–H groups in total. The van der Waals surface area contributed by atoms with Crippen LogP contribution in [0.1, 0.15) is 61.2 Å². The van der Waals surface area contributed by atoms with Gasteiger partial charge in [0.05, 0.1) is 16.9 Å². The molecule has 5 heteroatoms. The smallest absolute Gasteiger partial charge is 0.400 e. The van der Waals surface area contributed by atoms with Crippen molar-refractivity contribution >= 4 is 24.9 Å². The summed E-state index contributed by atoms with van der Waals surface area (Å²) in [6.45, 7) is 20.9. The van der Waals surface area contributed by atoms with Crippen LogP contribution in [-0.2, 0) is 13.9 Å². The molecule has 0 aromatic heterocycles. The zero-order valence-corrected chi connectivity index (χ0v) is 23.8. The molecule has 0 radical (unpaired) electrons. The second kappa shape index (κ2) is 9.49. The Morgan fingerprint density at radius 3 is 1.53 bits per heavy atom. The van der Waals surface area contributed by atoms with Gasteiger partial charge in [0.1, 0.15) is 0 Å². The topological polar surface area (TPSA) is 35.5 Å². The number of allylic oxidation sites excluding steroid dienone is 1. The monoisotopic (exact) mass is 500 g/mol. The molecule has 1 heterocycles. The molecule has 1 aliphatic heterocycles. The van der Waals surface area contributed by atoms with Crippen LogP contribution in [0, 0.1) is 27.7 Å². The molecule has 0 aliphatic carbocycles. The number of rotatable bonds is 6. The van der Waals surface area contributed by atoms with Crippen LogP contribution in [-0.4, -0.2) is 18.3 Å². The molecule has 1 atom stereocenters. The van der Waals surface area contributed by atoms with Crippen LogP contribution in [0.5, 0.6) is 0 Å². The van der Waals surface area contributed by atoms with E-state index < -0.39 is 31.1 Å². The summed E-state index contributed by atoms with van der Waals surface area (Å²) < 4.78 is 28.8. The van der Waals surface area contributed by atoms with Crippen LogP contribution in [0.4, 0.5) is 0 Å². The highest BCUT2D eigenvalue weighted by Gasteiger charge is 2.55. The van der Waals surface area contributed by atoms with Gasteiger partial charge in [-0.15, -0.1) is 6.58 Å². The van der Waals surface area contributed by atoms with Crippen molar-refractivity contribution in [3.8, 4) is 0 Å². The zero-order chi connectivity index (χ0) is 26.5. The lowest BCUT2D eigenvalue weighted by Gasteiger charge is -2.32. The molecule has 1 saturated heterocycles. The predicted octanol–water partition coefficient (Wildman–Crippen LogP) is 7.16. The van der Waals surface area contributed by atoms with Gasteiger partial charge in [0.25, 0.3) is 0 Å². The Morgan fingerprint density at radius 1 is 0.750 bits per heavy atom. The van der Waals surface area contributed by atoms with Crippen LogP contribution in [0.3, 0.4) is 0 Å². The highest BCUT2D eigenvalue weighted by atomic mass is 31.2. The van der Waals surface area contributed by atoms with Gasteiger partial charge in [0, 0.05) is 10.6 Å². The molecular formula is C31H38BO3P. The van der Waals surface area contributed by atoms with Gasteiger partial charge in [-0.05, 0) is 90.7 Å². The lowest BCUT2D eigenvalue weighted by atomic mass is 9.75. The Balaban J connectivity index is 2.01. The lowest BCUT2D eigenvalue weighted by molar-refractivity contribution is 0.00578. The van der Waals surface area contributed by atoms with E-state index in [1.807, 2.05) is 58.0 Å². The van der Waals surface area contributed by atoms with Crippen molar-refractivity contribution < 1.29 is 13.9 Å². The molecule has 1 unspecified atom stereocenters. The molecule has 0 bridgehead atoms. The van der Waals surface area contributed by atoms with Gasteiger partial charge in [0.2, 0.25) is 0 Å². The van der Waals surface area contributed by atoms with Crippen molar-refractivity contribution in [2.75, 3.05) is 0 Å². The van der Waals surface area contributed by atoms with Gasteiger partial charge >= 0.3 is 7.12 Å². The fourth-order valence-corrected chi connectivity index (χ4v) is 8.81. The second-order valence-electron chi connectivity index (χ2n) is 11.3. The van der Waals surface area contributed by atoms with Crippen molar-refractivity contribution in [3.63, 3.8) is 0 Å². The van der Waals surface area contributed by atoms with Crippen molar-refractivity contribution in [1.29, 1.82) is 0 Å². The molecule has 3 aromatic carbocycles. The Morgan fingerprint density at radius 2 is 1.14 bits per heavy atom. The summed E-state index contributed by atoms with van der Waals surface area (Å²) in [7, 11) is -3.99. The number of benzene rings is 3. The third-order valence-corrected chi connectivity index (χ3v) is 11.0. The minimum absolute atomic E-state index is 0.518. The summed E-state index contributed by atoms with van der Waals surface area (Å²) in [6, 6.07) is 22.6. The van der Waals surface area contributed by atoms with Crippen LogP contribution < -0.4 is 10.6 Å². The summed E-state index contributed by atoms with van der Waals surface area (Å²) >= 11 is 0. The first-order valence-electron chi connectivity index (χ1n) is 12.6. The lowest BCUT2D eigenvalue weighted by Crippen LogP contribution is -2.41. The van der Waals surface area contributed by atoms with Gasteiger partial charge in [-0.3, -0.25) is 0 Å². The summed E-state index contributed by atoms with van der Waals surface area (Å²) in [5.74, 6) is 0. The molecule has 3 nitrogen and oxygen atoms in total. The summed E-state index contributed by atoms with van der Waals surface area (Å²) in [6.07, 6.45) is 0. The normalized spacial score (nSPS) is 17.7. The minimum Gasteiger partial charge on any atom is -0.400 e. The average molecular weight is 500 g/mol. The molecule has 4 rings (SSSR count). The maximum atomic E-state index is 15.9. The Bertz CT molecular complexity index is 1230. The largest absolute Gasteiger partial charge is 0.491 e. The predicted molar refractivity (Wildman–Crippen MR) is 153 cm³/mol. The van der Waals surface area contributed by atoms with E-state index in [1.165, 1.54) is 0 Å². The quantitative estimate of drug-likeness (QED) is 0.266. The fourth-order valence-electron chi connectivity index (χ4n) is 5.15. The van der Waals surface area contributed by atoms with E-state index in [2.05, 4.69) is 70.7 Å². The molecule has 1 fully saturated rings. The third-order valence-electron chi connectivity index (χ3n) is 7.57. The van der Waals surface area contributed by atoms with E-state index in [9.17, 15) is 0 Å². The Labute approximate surface area is 217 Å². The van der Waals surface area contributed by atoms with Crippen LogP contribution in [0.25, 0.3) is 0 Å². The van der Waals surface area contributed by atoms with E-state index >= 15 is 4.57 Å². The molecule has 0 saturated carbocycles. The van der Waals surface area contributed by atoms with Gasteiger partial charge in [-0.2, -0.15) is 0 Å². The molecular weight excluding hydrogens is 462 g/mol. The van der Waals surface area contributed by atoms with Crippen LogP contribution in [0.2, 0.25) is 0 Å². The third kappa shape index (κ3) is 4.79. The van der Waals surface area contributed by atoms with Crippen LogP contribution in [0.15, 0.2) is 78.8 Å². The summed E-state index contributed by atoms with van der Waals surface area (Å²) in [5, 5.41) is 1.66. The van der Waals surface area contributed by atoms with E-state index in [-0.39, 0.29) is 0 Å². The molecule has 188 valence electrons. The van der Waals surface area contributed by atoms with E-state index in [1.54, 1.807) is 0 Å². The van der Waals surface area contributed by atoms with E-state index in [4.69, 9.17) is 9.31 Å². The van der Waals surface area contributed by atoms with Gasteiger partial charge in [0.15, 0.2) is 7.14 Å². The SMILES string of the molecule is C=C(B1OC(C)(C)C(C)(C)O1)C(c1ccccc1)P(=O)(c1cc(C)cc(C)c1)c1cc(C)cc(C)c1. The Kier molecular flexibility index (Phi) is 7.03. The van der Waals surface area contributed by atoms with Gasteiger partial charge in [-0.25, -0.2) is 0 Å². The first kappa shape index (κ1) is 26.7. The highest BCUT2D eigenvalue weighted by Crippen LogP contribution is 2.61. The van der Waals surface area contributed by atoms with Crippen molar-refractivity contribution in [3.05, 3.63) is 107 Å². The number of hydrogen-bond donors (Lipinski definition) is 0. The van der Waals surface area contributed by atoms with Crippen LogP contribution >= 0.6 is 7.14 Å². The second-order valence-corrected chi connectivity index (χ2v) is 14.2. The Hall–Kier alpha value is -2.39. The minimum atomic E-state index is -3.32. The number of aryl methyl sites for hydroxylation is 4. The fraction of sp³-hybridized carbons (Fsp3) is 0.355. The maximum Gasteiger partial charge on any atom is 0.491 e. The molecule has 1 aliphatic rings. The van der Waals surface area contributed by atoms with Crippen molar-refractivity contribution in [1.82, 2.24) is 0 Å². The van der Waals surface area contributed by atoms with E-state index in [0.717, 1.165) is 38.4 Å².